The lowest BCUT2D eigenvalue weighted by atomic mass is 9.94. The first-order valence-corrected chi connectivity index (χ1v) is 13.5. The number of fused-ring (bicyclic) bond motifs is 1. The Hall–Kier alpha value is -5.31. The van der Waals surface area contributed by atoms with Crippen LogP contribution >= 0.6 is 0 Å². The molecule has 2 aliphatic rings. The van der Waals surface area contributed by atoms with Crippen molar-refractivity contribution in [3.8, 4) is 23.0 Å². The van der Waals surface area contributed by atoms with Crippen molar-refractivity contribution in [2.24, 2.45) is 0 Å². The van der Waals surface area contributed by atoms with Gasteiger partial charge < -0.3 is 29.0 Å². The van der Waals surface area contributed by atoms with Gasteiger partial charge in [0, 0.05) is 24.5 Å². The lowest BCUT2D eigenvalue weighted by Gasteiger charge is -2.26. The minimum atomic E-state index is -0.907. The molecule has 1 atom stereocenters. The van der Waals surface area contributed by atoms with Crippen LogP contribution in [0.5, 0.6) is 23.0 Å². The van der Waals surface area contributed by atoms with E-state index in [9.17, 15) is 14.7 Å². The van der Waals surface area contributed by atoms with Gasteiger partial charge in [-0.05, 0) is 53.1 Å². The number of methoxy groups -OCH3 is 1. The Morgan fingerprint density at radius 1 is 0.929 bits per heavy atom. The summed E-state index contributed by atoms with van der Waals surface area (Å²) in [5.41, 5.74) is 2.59. The van der Waals surface area contributed by atoms with Crippen molar-refractivity contribution in [1.29, 1.82) is 0 Å². The number of aliphatic hydroxyl groups is 1. The zero-order valence-corrected chi connectivity index (χ0v) is 22.9. The fourth-order valence-corrected chi connectivity index (χ4v) is 5.13. The molecule has 0 radical (unpaired) electrons. The fourth-order valence-electron chi connectivity index (χ4n) is 5.13. The molecule has 1 saturated heterocycles. The van der Waals surface area contributed by atoms with Crippen LogP contribution < -0.4 is 18.9 Å². The molecule has 212 valence electrons. The van der Waals surface area contributed by atoms with E-state index in [4.69, 9.17) is 18.9 Å². The number of carbonyl (C=O) groups is 2. The highest BCUT2D eigenvalue weighted by atomic mass is 16.6. The van der Waals surface area contributed by atoms with Crippen LogP contribution in [0.25, 0.3) is 5.76 Å². The molecule has 42 heavy (non-hydrogen) atoms. The SMILES string of the molecule is COc1cc([C@@H]2C(=C(O)c3ccc4c(c3)OCCO4)C(=O)C(=O)N2Cc2cccnc2)ccc1OCc1ccccc1. The number of Topliss-reactive ketones (excluding diaryl/α,β-unsaturated/α-hetero) is 1. The topological polar surface area (TPSA) is 107 Å². The van der Waals surface area contributed by atoms with Gasteiger partial charge in [0.15, 0.2) is 23.0 Å². The van der Waals surface area contributed by atoms with Gasteiger partial charge in [0.2, 0.25) is 0 Å². The van der Waals surface area contributed by atoms with Crippen molar-refractivity contribution in [2.45, 2.75) is 19.2 Å². The second-order valence-electron chi connectivity index (χ2n) is 9.83. The number of benzene rings is 3. The Balaban J connectivity index is 1.42. The van der Waals surface area contributed by atoms with E-state index < -0.39 is 17.7 Å². The molecule has 1 aromatic heterocycles. The number of likely N-dealkylation sites (tertiary alicyclic amines) is 1. The molecule has 3 heterocycles. The molecule has 1 fully saturated rings. The summed E-state index contributed by atoms with van der Waals surface area (Å²) in [5, 5.41) is 11.5. The number of ether oxygens (including phenoxy) is 4. The van der Waals surface area contributed by atoms with Crippen molar-refractivity contribution in [3.63, 3.8) is 0 Å². The van der Waals surface area contributed by atoms with Gasteiger partial charge in [-0.3, -0.25) is 14.6 Å². The lowest BCUT2D eigenvalue weighted by Crippen LogP contribution is -2.29. The van der Waals surface area contributed by atoms with Crippen LogP contribution in [-0.4, -0.2) is 47.0 Å². The predicted molar refractivity (Wildman–Crippen MR) is 153 cm³/mol. The van der Waals surface area contributed by atoms with Crippen LogP contribution in [-0.2, 0) is 22.7 Å². The maximum Gasteiger partial charge on any atom is 0.295 e. The molecule has 1 amide bonds. The molecule has 9 heteroatoms. The number of aromatic nitrogens is 1. The largest absolute Gasteiger partial charge is 0.507 e. The minimum Gasteiger partial charge on any atom is -0.507 e. The van der Waals surface area contributed by atoms with E-state index in [0.717, 1.165) is 11.1 Å². The molecule has 0 bridgehead atoms. The number of hydrogen-bond donors (Lipinski definition) is 1. The van der Waals surface area contributed by atoms with Crippen molar-refractivity contribution in [2.75, 3.05) is 20.3 Å². The van der Waals surface area contributed by atoms with E-state index in [1.807, 2.05) is 36.4 Å². The predicted octanol–water partition coefficient (Wildman–Crippen LogP) is 5.06. The maximum atomic E-state index is 13.5. The molecule has 3 aromatic carbocycles. The van der Waals surface area contributed by atoms with Gasteiger partial charge in [0.1, 0.15) is 25.6 Å². The van der Waals surface area contributed by atoms with Crippen LogP contribution in [0.2, 0.25) is 0 Å². The lowest BCUT2D eigenvalue weighted by molar-refractivity contribution is -0.140. The van der Waals surface area contributed by atoms with Crippen molar-refractivity contribution in [1.82, 2.24) is 9.88 Å². The van der Waals surface area contributed by atoms with Gasteiger partial charge in [-0.2, -0.15) is 0 Å². The number of pyridine rings is 1. The molecular formula is C33H28N2O7. The summed E-state index contributed by atoms with van der Waals surface area (Å²) in [7, 11) is 1.52. The van der Waals surface area contributed by atoms with E-state index in [0.29, 0.717) is 53.9 Å². The fraction of sp³-hybridized carbons (Fsp3) is 0.182. The molecular weight excluding hydrogens is 536 g/mol. The van der Waals surface area contributed by atoms with E-state index in [2.05, 4.69) is 4.98 Å². The van der Waals surface area contributed by atoms with Crippen LogP contribution in [0.15, 0.2) is 96.8 Å². The van der Waals surface area contributed by atoms with Gasteiger partial charge >= 0.3 is 0 Å². The number of hydrogen-bond acceptors (Lipinski definition) is 8. The molecule has 0 saturated carbocycles. The zero-order chi connectivity index (χ0) is 29.1. The summed E-state index contributed by atoms with van der Waals surface area (Å²) in [6.07, 6.45) is 3.27. The molecule has 1 N–H and O–H groups in total. The number of ketones is 1. The average molecular weight is 565 g/mol. The summed E-state index contributed by atoms with van der Waals surface area (Å²) in [4.78, 5) is 32.6. The highest BCUT2D eigenvalue weighted by Gasteiger charge is 2.46. The average Bonchev–Trinajstić information content (AvgIpc) is 3.29. The first-order chi connectivity index (χ1) is 20.5. The second kappa shape index (κ2) is 11.7. The Morgan fingerprint density at radius 2 is 1.71 bits per heavy atom. The molecule has 9 nitrogen and oxygen atoms in total. The number of amides is 1. The summed E-state index contributed by atoms with van der Waals surface area (Å²) >= 11 is 0. The third-order valence-electron chi connectivity index (χ3n) is 7.17. The van der Waals surface area contributed by atoms with Gasteiger partial charge in [0.05, 0.1) is 18.7 Å². The number of rotatable bonds is 8. The molecule has 2 aliphatic heterocycles. The van der Waals surface area contributed by atoms with E-state index in [-0.39, 0.29) is 17.9 Å². The van der Waals surface area contributed by atoms with Crippen molar-refractivity contribution >= 4 is 17.4 Å². The Bertz CT molecular complexity index is 1650. The van der Waals surface area contributed by atoms with Gasteiger partial charge in [-0.25, -0.2) is 0 Å². The Kier molecular flexibility index (Phi) is 7.47. The maximum absolute atomic E-state index is 13.5. The first kappa shape index (κ1) is 26.9. The van der Waals surface area contributed by atoms with Crippen LogP contribution in [0, 0.1) is 0 Å². The van der Waals surface area contributed by atoms with E-state index >= 15 is 0 Å². The smallest absolute Gasteiger partial charge is 0.295 e. The number of carbonyl (C=O) groups excluding carboxylic acids is 2. The van der Waals surface area contributed by atoms with E-state index in [1.165, 1.54) is 12.0 Å². The van der Waals surface area contributed by atoms with Crippen LogP contribution in [0.4, 0.5) is 0 Å². The third-order valence-corrected chi connectivity index (χ3v) is 7.17. The normalized spacial score (nSPS) is 17.3. The first-order valence-electron chi connectivity index (χ1n) is 13.5. The van der Waals surface area contributed by atoms with Gasteiger partial charge in [-0.1, -0.05) is 42.5 Å². The molecule has 0 aliphatic carbocycles. The van der Waals surface area contributed by atoms with Crippen molar-refractivity contribution < 1.29 is 33.6 Å². The molecule has 0 spiro atoms. The van der Waals surface area contributed by atoms with Gasteiger partial charge in [-0.15, -0.1) is 0 Å². The molecule has 6 rings (SSSR count). The summed E-state index contributed by atoms with van der Waals surface area (Å²) < 4.78 is 22.9. The Morgan fingerprint density at radius 3 is 2.48 bits per heavy atom. The summed E-state index contributed by atoms with van der Waals surface area (Å²) in [6.45, 7) is 1.23. The monoisotopic (exact) mass is 564 g/mol. The minimum absolute atomic E-state index is 0.0411. The second-order valence-corrected chi connectivity index (χ2v) is 9.83. The highest BCUT2D eigenvalue weighted by molar-refractivity contribution is 6.46. The van der Waals surface area contributed by atoms with Crippen LogP contribution in [0.1, 0.15) is 28.3 Å². The third kappa shape index (κ3) is 5.24. The van der Waals surface area contributed by atoms with E-state index in [1.54, 1.807) is 54.9 Å². The standard InChI is InChI=1S/C33H28N2O7/c1-39-27-16-23(9-11-25(27)42-20-21-6-3-2-4-7-21)30-29(31(36)24-10-12-26-28(17-24)41-15-14-40-26)32(37)33(38)35(30)19-22-8-5-13-34-18-22/h2-13,16-18,30,36H,14-15,19-20H2,1H3/t30-/m1/s1. The summed E-state index contributed by atoms with van der Waals surface area (Å²) in [6, 6.07) is 22.6. The van der Waals surface area contributed by atoms with Crippen molar-refractivity contribution in [3.05, 3.63) is 119 Å². The number of aliphatic hydroxyl groups excluding tert-OH is 1. The van der Waals surface area contributed by atoms with Gasteiger partial charge in [0.25, 0.3) is 11.7 Å². The van der Waals surface area contributed by atoms with Crippen LogP contribution in [0.3, 0.4) is 0 Å². The highest BCUT2D eigenvalue weighted by Crippen LogP contribution is 2.43. The zero-order valence-electron chi connectivity index (χ0n) is 22.9. The Labute approximate surface area is 242 Å². The summed E-state index contributed by atoms with van der Waals surface area (Å²) in [5.74, 6) is 0.0875. The quantitative estimate of drug-likeness (QED) is 0.180. The molecule has 4 aromatic rings. The number of nitrogens with zero attached hydrogens (tertiary/aromatic N) is 2. The molecule has 0 unspecified atom stereocenters.